The molecule has 3 aromatic rings. The Labute approximate surface area is 209 Å². The third-order valence-electron chi connectivity index (χ3n) is 6.59. The fraction of sp³-hybridized carbons (Fsp3) is 0.250. The second-order valence-corrected chi connectivity index (χ2v) is 9.42. The molecule has 0 aromatic heterocycles. The number of phenols is 1. The van der Waals surface area contributed by atoms with Crippen LogP contribution in [0.3, 0.4) is 0 Å². The molecule has 0 unspecified atom stereocenters. The van der Waals surface area contributed by atoms with Gasteiger partial charge in [-0.1, -0.05) is 48.0 Å². The van der Waals surface area contributed by atoms with E-state index in [4.69, 9.17) is 16.3 Å². The summed E-state index contributed by atoms with van der Waals surface area (Å²) < 4.78 is 20.3. The van der Waals surface area contributed by atoms with E-state index in [1.807, 2.05) is 6.07 Å². The number of Topliss-reactive ketones (excluding diaryl/α,β-unsaturated/α-hetero) is 1. The summed E-state index contributed by atoms with van der Waals surface area (Å²) in [5.74, 6) is -0.449. The molecule has 180 valence electrons. The summed E-state index contributed by atoms with van der Waals surface area (Å²) in [6.07, 6.45) is 1.34. The van der Waals surface area contributed by atoms with Gasteiger partial charge in [-0.25, -0.2) is 4.39 Å². The van der Waals surface area contributed by atoms with Crippen molar-refractivity contribution in [1.29, 1.82) is 0 Å². The first-order valence-corrected chi connectivity index (χ1v) is 12.0. The van der Waals surface area contributed by atoms with Crippen molar-refractivity contribution in [2.45, 2.75) is 20.0 Å². The normalized spacial score (nSPS) is 17.6. The number of rotatable bonds is 5. The van der Waals surface area contributed by atoms with Gasteiger partial charge in [0.1, 0.15) is 17.3 Å². The highest BCUT2D eigenvalue weighted by molar-refractivity contribution is 6.32. The van der Waals surface area contributed by atoms with Crippen LogP contribution in [0.1, 0.15) is 32.6 Å². The van der Waals surface area contributed by atoms with Crippen molar-refractivity contribution < 1.29 is 19.0 Å². The molecule has 1 saturated heterocycles. The van der Waals surface area contributed by atoms with Gasteiger partial charge in [-0.2, -0.15) is 0 Å². The molecule has 0 spiro atoms. The molecule has 0 bridgehead atoms. The minimum absolute atomic E-state index is 0.00497. The maximum atomic E-state index is 14.3. The molecule has 3 aromatic carbocycles. The van der Waals surface area contributed by atoms with Gasteiger partial charge in [0.25, 0.3) is 0 Å². The van der Waals surface area contributed by atoms with E-state index in [-0.39, 0.29) is 27.9 Å². The van der Waals surface area contributed by atoms with E-state index < -0.39 is 5.82 Å². The van der Waals surface area contributed by atoms with Crippen LogP contribution >= 0.6 is 11.6 Å². The molecular weight excluding hydrogens is 467 g/mol. The summed E-state index contributed by atoms with van der Waals surface area (Å²) in [4.78, 5) is 17.8. The predicted octanol–water partition coefficient (Wildman–Crippen LogP) is 5.43. The number of allylic oxidation sites excluding steroid dienone is 1. The van der Waals surface area contributed by atoms with E-state index in [2.05, 4.69) is 34.1 Å². The largest absolute Gasteiger partial charge is 0.507 e. The Kier molecular flexibility index (Phi) is 6.60. The number of benzene rings is 3. The van der Waals surface area contributed by atoms with Crippen LogP contribution < -0.4 is 4.74 Å². The fourth-order valence-electron chi connectivity index (χ4n) is 4.68. The second-order valence-electron chi connectivity index (χ2n) is 9.01. The number of hydrogen-bond acceptors (Lipinski definition) is 5. The first-order valence-electron chi connectivity index (χ1n) is 11.6. The maximum absolute atomic E-state index is 14.3. The highest BCUT2D eigenvalue weighted by Crippen LogP contribution is 2.42. The molecule has 35 heavy (non-hydrogen) atoms. The summed E-state index contributed by atoms with van der Waals surface area (Å²) in [6, 6.07) is 16.3. The van der Waals surface area contributed by atoms with Crippen LogP contribution in [-0.4, -0.2) is 46.9 Å². The summed E-state index contributed by atoms with van der Waals surface area (Å²) in [6.45, 7) is 6.58. The zero-order valence-corrected chi connectivity index (χ0v) is 20.2. The molecule has 5 nitrogen and oxygen atoms in total. The fourth-order valence-corrected chi connectivity index (χ4v) is 4.90. The standard InChI is InChI=1S/C28H26ClFN2O3/c1-18-14-24(33)21(17-32-12-10-31(11-13-32)16-19-6-3-2-4-7-19)28-26(18)27(34)25(35-28)15-20-22(29)8-5-9-23(20)30/h2-9,14-15,33H,10-13,16-17H2,1H3/b25-15-. The van der Waals surface area contributed by atoms with Gasteiger partial charge in [0.15, 0.2) is 5.76 Å². The monoisotopic (exact) mass is 492 g/mol. The topological polar surface area (TPSA) is 53.0 Å². The van der Waals surface area contributed by atoms with Gasteiger partial charge >= 0.3 is 0 Å². The number of carbonyl (C=O) groups excluding carboxylic acids is 1. The Hall–Kier alpha value is -3.19. The number of hydrogen-bond donors (Lipinski definition) is 1. The van der Waals surface area contributed by atoms with Gasteiger partial charge in [0.05, 0.1) is 16.1 Å². The van der Waals surface area contributed by atoms with Crippen LogP contribution in [-0.2, 0) is 13.1 Å². The van der Waals surface area contributed by atoms with Gasteiger partial charge in [-0.3, -0.25) is 14.6 Å². The van der Waals surface area contributed by atoms with Crippen molar-refractivity contribution in [3.8, 4) is 11.5 Å². The zero-order valence-electron chi connectivity index (χ0n) is 19.4. The van der Waals surface area contributed by atoms with Crippen LogP contribution in [0, 0.1) is 12.7 Å². The third kappa shape index (κ3) is 4.82. The summed E-state index contributed by atoms with van der Waals surface area (Å²) >= 11 is 6.14. The Bertz CT molecular complexity index is 1280. The second kappa shape index (κ2) is 9.82. The lowest BCUT2D eigenvalue weighted by Crippen LogP contribution is -2.45. The van der Waals surface area contributed by atoms with Crippen LogP contribution in [0.15, 0.2) is 60.4 Å². The van der Waals surface area contributed by atoms with Crippen molar-refractivity contribution in [3.05, 3.63) is 99.0 Å². The molecule has 5 rings (SSSR count). The lowest BCUT2D eigenvalue weighted by molar-refractivity contribution is 0.101. The van der Waals surface area contributed by atoms with E-state index in [0.29, 0.717) is 29.0 Å². The van der Waals surface area contributed by atoms with Gasteiger partial charge in [-0.05, 0) is 42.3 Å². The molecule has 0 atom stereocenters. The van der Waals surface area contributed by atoms with Crippen LogP contribution in [0.4, 0.5) is 4.39 Å². The third-order valence-corrected chi connectivity index (χ3v) is 6.92. The molecule has 2 aliphatic rings. The molecule has 1 N–H and O–H groups in total. The number of aromatic hydroxyl groups is 1. The van der Waals surface area contributed by atoms with Gasteiger partial charge in [0.2, 0.25) is 5.78 Å². The number of ether oxygens (including phenoxy) is 1. The number of carbonyl (C=O) groups is 1. The SMILES string of the molecule is Cc1cc(O)c(CN2CCN(Cc3ccccc3)CC2)c2c1C(=O)/C(=C/c1c(F)cccc1Cl)O2. The van der Waals surface area contributed by atoms with E-state index >= 15 is 0 Å². The zero-order chi connectivity index (χ0) is 24.5. The summed E-state index contributed by atoms with van der Waals surface area (Å²) in [7, 11) is 0. The average Bonchev–Trinajstić information content (AvgIpc) is 3.17. The Morgan fingerprint density at radius 1 is 1.03 bits per heavy atom. The Balaban J connectivity index is 1.35. The summed E-state index contributed by atoms with van der Waals surface area (Å²) in [5, 5.41) is 10.9. The Morgan fingerprint density at radius 2 is 1.71 bits per heavy atom. The molecular formula is C28H26ClFN2O3. The van der Waals surface area contributed by atoms with Crippen LogP contribution in [0.25, 0.3) is 6.08 Å². The minimum atomic E-state index is -0.537. The lowest BCUT2D eigenvalue weighted by Gasteiger charge is -2.35. The first-order chi connectivity index (χ1) is 16.9. The van der Waals surface area contributed by atoms with Crippen molar-refractivity contribution in [3.63, 3.8) is 0 Å². The molecule has 0 radical (unpaired) electrons. The first kappa shape index (κ1) is 23.5. The van der Waals surface area contributed by atoms with Crippen molar-refractivity contribution in [1.82, 2.24) is 9.80 Å². The number of halogens is 2. The average molecular weight is 493 g/mol. The van der Waals surface area contributed by atoms with Crippen LogP contribution in [0.5, 0.6) is 11.5 Å². The highest BCUT2D eigenvalue weighted by Gasteiger charge is 2.34. The minimum Gasteiger partial charge on any atom is -0.507 e. The van der Waals surface area contributed by atoms with E-state index in [9.17, 15) is 14.3 Å². The number of piperazine rings is 1. The van der Waals surface area contributed by atoms with Crippen molar-refractivity contribution in [2.75, 3.05) is 26.2 Å². The Morgan fingerprint density at radius 3 is 2.40 bits per heavy atom. The number of ketones is 1. The van der Waals surface area contributed by atoms with Crippen molar-refractivity contribution >= 4 is 23.5 Å². The van der Waals surface area contributed by atoms with Gasteiger partial charge < -0.3 is 9.84 Å². The maximum Gasteiger partial charge on any atom is 0.232 e. The number of phenolic OH excluding ortho intramolecular Hbond substituents is 1. The molecule has 2 heterocycles. The highest BCUT2D eigenvalue weighted by atomic mass is 35.5. The molecule has 2 aliphatic heterocycles. The predicted molar refractivity (Wildman–Crippen MR) is 134 cm³/mol. The van der Waals surface area contributed by atoms with Gasteiger partial charge in [0, 0.05) is 44.8 Å². The molecule has 0 saturated carbocycles. The van der Waals surface area contributed by atoms with E-state index in [1.165, 1.54) is 23.8 Å². The molecule has 7 heteroatoms. The quantitative estimate of drug-likeness (QED) is 0.481. The molecule has 1 fully saturated rings. The molecule has 0 aliphatic carbocycles. The van der Waals surface area contributed by atoms with E-state index in [0.717, 1.165) is 32.7 Å². The van der Waals surface area contributed by atoms with Gasteiger partial charge in [-0.15, -0.1) is 0 Å². The molecule has 0 amide bonds. The van der Waals surface area contributed by atoms with E-state index in [1.54, 1.807) is 19.1 Å². The number of nitrogens with zero attached hydrogens (tertiary/aromatic N) is 2. The van der Waals surface area contributed by atoms with Crippen molar-refractivity contribution in [2.24, 2.45) is 0 Å². The smallest absolute Gasteiger partial charge is 0.232 e. The lowest BCUT2D eigenvalue weighted by atomic mass is 9.99. The number of fused-ring (bicyclic) bond motifs is 1. The van der Waals surface area contributed by atoms with Crippen LogP contribution in [0.2, 0.25) is 5.02 Å². The number of aryl methyl sites for hydroxylation is 1. The summed E-state index contributed by atoms with van der Waals surface area (Å²) in [5.41, 5.74) is 2.97.